The number of carbonyl (C=O) groups is 2. The van der Waals surface area contributed by atoms with E-state index in [-0.39, 0.29) is 54.4 Å². The number of nitrogens with two attached hydrogens (primary N) is 1. The summed E-state index contributed by atoms with van der Waals surface area (Å²) >= 11 is 0.904. The van der Waals surface area contributed by atoms with Gasteiger partial charge in [-0.1, -0.05) is 47.5 Å². The molecule has 44 heavy (non-hydrogen) atoms. The first-order valence-electron chi connectivity index (χ1n) is 13.6. The fourth-order valence-electron chi connectivity index (χ4n) is 4.31. The van der Waals surface area contributed by atoms with E-state index in [1.807, 2.05) is 37.1 Å². The molecule has 238 valence electrons. The minimum Gasteiger partial charge on any atom is -0.395 e. The number of ketones is 1. The zero-order chi connectivity index (χ0) is 32.3. The highest BCUT2D eigenvalue weighted by atomic mass is 32.2. The van der Waals surface area contributed by atoms with Gasteiger partial charge in [-0.2, -0.15) is 0 Å². The molecule has 0 spiro atoms. The molecule has 0 saturated carbocycles. The Balaban J connectivity index is 1.49. The third kappa shape index (κ3) is 7.30. The van der Waals surface area contributed by atoms with Gasteiger partial charge in [-0.25, -0.2) is 24.0 Å². The number of carbonyl (C=O) groups excluding carboxylic acids is 2. The van der Waals surface area contributed by atoms with Gasteiger partial charge in [0.1, 0.15) is 18.0 Å². The van der Waals surface area contributed by atoms with Crippen LogP contribution in [0, 0.1) is 24.7 Å². The number of rotatable bonds is 13. The Labute approximate surface area is 258 Å². The number of imidazole rings is 1. The van der Waals surface area contributed by atoms with Gasteiger partial charge in [-0.05, 0) is 26.3 Å². The van der Waals surface area contributed by atoms with Crippen LogP contribution in [0.25, 0.3) is 0 Å². The molecular formula is C28H35FN5O8PS. The molecule has 16 heteroatoms. The normalized spacial score (nSPS) is 24.8. The number of aliphatic hydroxyl groups is 2. The van der Waals surface area contributed by atoms with Crippen molar-refractivity contribution in [3.8, 4) is 12.3 Å². The number of fused-ring (bicyclic) bond motifs is 1. The quantitative estimate of drug-likeness (QED) is 0.141. The van der Waals surface area contributed by atoms with E-state index in [2.05, 4.69) is 15.1 Å². The molecule has 13 nitrogen and oxygen atoms in total. The third-order valence-corrected chi connectivity index (χ3v) is 9.82. The maximum atomic E-state index is 16.1. The van der Waals surface area contributed by atoms with Crippen molar-refractivity contribution in [2.45, 2.75) is 57.8 Å². The van der Waals surface area contributed by atoms with Crippen molar-refractivity contribution in [2.75, 3.05) is 25.6 Å². The summed E-state index contributed by atoms with van der Waals surface area (Å²) in [5.41, 5.74) is 3.72. The Morgan fingerprint density at radius 1 is 1.39 bits per heavy atom. The van der Waals surface area contributed by atoms with Crippen molar-refractivity contribution < 1.29 is 42.5 Å². The van der Waals surface area contributed by atoms with Crippen molar-refractivity contribution in [3.05, 3.63) is 47.4 Å². The average Bonchev–Trinajstić information content (AvgIpc) is 3.52. The number of benzene rings is 1. The molecule has 1 unspecified atom stereocenters. The molecule has 1 aromatic carbocycles. The predicted molar refractivity (Wildman–Crippen MR) is 161 cm³/mol. The summed E-state index contributed by atoms with van der Waals surface area (Å²) in [6.45, 7) is 4.05. The topological polar surface area (TPSA) is 188 Å². The van der Waals surface area contributed by atoms with Gasteiger partial charge in [0.2, 0.25) is 5.67 Å². The number of Topliss-reactive ketones (excluding diaryl/α,β-unsaturated/α-hetero) is 1. The smallest absolute Gasteiger partial charge is 0.395 e. The molecule has 4 rings (SSSR count). The molecule has 5 atom stereocenters. The lowest BCUT2D eigenvalue weighted by Crippen LogP contribution is -2.42. The van der Waals surface area contributed by atoms with E-state index in [9.17, 15) is 24.4 Å². The molecule has 5 N–H and O–H groups in total. The number of ether oxygens (including phenoxy) is 1. The molecule has 1 saturated heterocycles. The molecule has 0 bridgehead atoms. The SMILES string of the molecule is C#C[C@@]1(F)[C@H](O)[C@@H](COP(=O)(NCc2ccc(C)cc2)OCCSC(=O)C(C)(C)CO)O[C@H]1n1cnc2c1N=C(N)CC2=O. The molecular weight excluding hydrogens is 616 g/mol. The third-order valence-electron chi connectivity index (χ3n) is 7.07. The Hall–Kier alpha value is -2.93. The van der Waals surface area contributed by atoms with E-state index < -0.39 is 49.7 Å². The molecule has 1 fully saturated rings. The molecule has 0 aliphatic carbocycles. The number of nitrogens with zero attached hydrogens (tertiary/aromatic N) is 3. The zero-order valence-corrected chi connectivity index (χ0v) is 26.1. The largest absolute Gasteiger partial charge is 0.405 e. The molecule has 0 amide bonds. The fourth-order valence-corrected chi connectivity index (χ4v) is 6.55. The molecule has 0 radical (unpaired) electrons. The lowest BCUT2D eigenvalue weighted by molar-refractivity contribution is -0.119. The molecule has 2 aliphatic heterocycles. The van der Waals surface area contributed by atoms with Gasteiger partial charge in [-0.3, -0.25) is 23.2 Å². The predicted octanol–water partition coefficient (Wildman–Crippen LogP) is 2.58. The number of aryl methyl sites for hydroxylation is 1. The van der Waals surface area contributed by atoms with Crippen LogP contribution in [0.5, 0.6) is 0 Å². The monoisotopic (exact) mass is 651 g/mol. The van der Waals surface area contributed by atoms with E-state index in [1.54, 1.807) is 13.8 Å². The number of hydrogen-bond acceptors (Lipinski definition) is 12. The summed E-state index contributed by atoms with van der Waals surface area (Å²) in [6, 6.07) is 7.39. The van der Waals surface area contributed by atoms with Gasteiger partial charge in [-0.15, -0.1) is 6.42 Å². The number of terminal acetylenes is 1. The van der Waals surface area contributed by atoms with Crippen molar-refractivity contribution in [1.82, 2.24) is 14.6 Å². The molecule has 2 aliphatic rings. The molecule has 3 heterocycles. The van der Waals surface area contributed by atoms with Crippen molar-refractivity contribution in [2.24, 2.45) is 16.1 Å². The maximum Gasteiger partial charge on any atom is 0.405 e. The van der Waals surface area contributed by atoms with Crippen LogP contribution in [0.15, 0.2) is 35.6 Å². The average molecular weight is 652 g/mol. The van der Waals surface area contributed by atoms with E-state index in [0.29, 0.717) is 0 Å². The van der Waals surface area contributed by atoms with Gasteiger partial charge in [0, 0.05) is 12.3 Å². The van der Waals surface area contributed by atoms with Gasteiger partial charge in [0.25, 0.3) is 0 Å². The highest BCUT2D eigenvalue weighted by Crippen LogP contribution is 2.48. The summed E-state index contributed by atoms with van der Waals surface area (Å²) in [5.74, 6) is 1.53. The second-order valence-electron chi connectivity index (χ2n) is 11.0. The molecule has 1 aromatic heterocycles. The van der Waals surface area contributed by atoms with E-state index >= 15 is 4.39 Å². The summed E-state index contributed by atoms with van der Waals surface area (Å²) in [4.78, 5) is 32.7. The van der Waals surface area contributed by atoms with E-state index in [4.69, 9.17) is 25.9 Å². The van der Waals surface area contributed by atoms with Gasteiger partial charge in [0.05, 0.1) is 38.0 Å². The van der Waals surface area contributed by atoms with Crippen LogP contribution < -0.4 is 10.8 Å². The summed E-state index contributed by atoms with van der Waals surface area (Å²) in [6.07, 6.45) is 1.41. The van der Waals surface area contributed by atoms with Crippen molar-refractivity contribution in [3.63, 3.8) is 0 Å². The number of halogens is 1. The van der Waals surface area contributed by atoms with Crippen LogP contribution in [0.2, 0.25) is 0 Å². The van der Waals surface area contributed by atoms with Crippen LogP contribution in [0.3, 0.4) is 0 Å². The summed E-state index contributed by atoms with van der Waals surface area (Å²) in [5, 5.41) is 22.8. The second-order valence-corrected chi connectivity index (χ2v) is 13.9. The first-order chi connectivity index (χ1) is 20.7. The van der Waals surface area contributed by atoms with Gasteiger partial charge < -0.3 is 20.7 Å². The minimum absolute atomic E-state index is 0.00892. The van der Waals surface area contributed by atoms with Gasteiger partial charge >= 0.3 is 7.75 Å². The number of alkyl halides is 1. The Kier molecular flexibility index (Phi) is 10.5. The van der Waals surface area contributed by atoms with Crippen LogP contribution in [0.4, 0.5) is 10.2 Å². The van der Waals surface area contributed by atoms with Gasteiger partial charge in [0.15, 0.2) is 28.6 Å². The lowest BCUT2D eigenvalue weighted by atomic mass is 9.97. The van der Waals surface area contributed by atoms with E-state index in [1.165, 1.54) is 0 Å². The number of hydrogen-bond donors (Lipinski definition) is 4. The van der Waals surface area contributed by atoms with E-state index in [0.717, 1.165) is 33.8 Å². The first kappa shape index (κ1) is 34.0. The number of thioether (sulfide) groups is 1. The number of aliphatic imine (C=N–C) groups is 1. The highest BCUT2D eigenvalue weighted by molar-refractivity contribution is 8.13. The second kappa shape index (κ2) is 13.6. The van der Waals surface area contributed by atoms with Crippen LogP contribution in [0.1, 0.15) is 48.1 Å². The van der Waals surface area contributed by atoms with Crippen molar-refractivity contribution in [1.29, 1.82) is 0 Å². The summed E-state index contributed by atoms with van der Waals surface area (Å²) < 4.78 is 47.9. The Morgan fingerprint density at radius 2 is 2.09 bits per heavy atom. The fraction of sp³-hybridized carbons (Fsp3) is 0.500. The first-order valence-corrected chi connectivity index (χ1v) is 16.2. The number of aromatic nitrogens is 2. The zero-order valence-electron chi connectivity index (χ0n) is 24.4. The Bertz CT molecular complexity index is 1510. The lowest BCUT2D eigenvalue weighted by Gasteiger charge is -2.24. The number of aliphatic hydroxyl groups excluding tert-OH is 2. The summed E-state index contributed by atoms with van der Waals surface area (Å²) in [7, 11) is -4.14. The minimum atomic E-state index is -4.14. The van der Waals surface area contributed by atoms with Crippen LogP contribution in [-0.2, 0) is 29.7 Å². The van der Waals surface area contributed by atoms with Crippen LogP contribution in [-0.4, -0.2) is 79.9 Å². The number of amidine groups is 1. The Morgan fingerprint density at radius 3 is 2.75 bits per heavy atom. The standard InChI is InChI=1S/C28H35FN5O8PS/c1-5-28(29)23(37)20(42-25(28)34-16-31-22-19(36)12-21(30)33-24(22)34)14-41-43(39,32-13-18-8-6-17(2)7-9-18)40-10-11-44-26(38)27(3,4)15-35/h1,6-9,16,20,23,25,35,37H,10-15H2,2-4H3,(H2,30,33)(H,32,39)/t20-,23-,25-,28-,43?/m1/s1. The van der Waals surface area contributed by atoms with Crippen LogP contribution >= 0.6 is 19.5 Å². The maximum absolute atomic E-state index is 16.1. The molecule has 2 aromatic rings. The van der Waals surface area contributed by atoms with Crippen molar-refractivity contribution >= 4 is 42.1 Å². The highest BCUT2D eigenvalue weighted by Gasteiger charge is 2.58. The number of nitrogens with one attached hydrogen (secondary N) is 1.